The summed E-state index contributed by atoms with van der Waals surface area (Å²) in [4.78, 5) is 26.4. The molecule has 0 unspecified atom stereocenters. The van der Waals surface area contributed by atoms with E-state index in [-0.39, 0.29) is 17.2 Å². The lowest BCUT2D eigenvalue weighted by molar-refractivity contribution is -0.113. The molecule has 182 valence electrons. The summed E-state index contributed by atoms with van der Waals surface area (Å²) in [6, 6.07) is 18.8. The Kier molecular flexibility index (Phi) is 6.24. The molecule has 0 aliphatic carbocycles. The molecule has 0 spiro atoms. The Labute approximate surface area is 211 Å². The second-order valence-corrected chi connectivity index (χ2v) is 9.48. The Morgan fingerprint density at radius 3 is 2.64 bits per heavy atom. The molecule has 8 nitrogen and oxygen atoms in total. The molecular formula is C27H25N5O3S. The van der Waals surface area contributed by atoms with Crippen LogP contribution in [0.25, 0.3) is 22.4 Å². The second kappa shape index (κ2) is 9.50. The van der Waals surface area contributed by atoms with E-state index in [0.29, 0.717) is 33.3 Å². The first-order valence-corrected chi connectivity index (χ1v) is 12.4. The first-order valence-electron chi connectivity index (χ1n) is 11.4. The van der Waals surface area contributed by atoms with E-state index in [1.54, 1.807) is 17.7 Å². The number of methoxy groups -OCH3 is 1. The zero-order valence-electron chi connectivity index (χ0n) is 20.4. The predicted octanol–water partition coefficient (Wildman–Crippen LogP) is 4.70. The van der Waals surface area contributed by atoms with Crippen LogP contribution in [0.15, 0.2) is 70.6 Å². The van der Waals surface area contributed by atoms with Gasteiger partial charge in [0.25, 0.3) is 5.56 Å². The van der Waals surface area contributed by atoms with Crippen LogP contribution in [-0.4, -0.2) is 37.9 Å². The van der Waals surface area contributed by atoms with Crippen molar-refractivity contribution in [2.75, 3.05) is 18.2 Å². The molecule has 0 atom stereocenters. The molecule has 1 amide bonds. The number of ether oxygens (including phenoxy) is 1. The SMILES string of the molecule is COc1ccc(C)cc1NC(=O)CSc1nnc2n(-c3cccc(C)c3C)c(=O)c3ccccc3n12. The normalized spacial score (nSPS) is 11.2. The van der Waals surface area contributed by atoms with E-state index in [1.807, 2.05) is 79.8 Å². The van der Waals surface area contributed by atoms with E-state index < -0.39 is 0 Å². The number of rotatable bonds is 6. The topological polar surface area (TPSA) is 90.5 Å². The van der Waals surface area contributed by atoms with Crippen LogP contribution in [0, 0.1) is 20.8 Å². The van der Waals surface area contributed by atoms with E-state index in [9.17, 15) is 9.59 Å². The minimum Gasteiger partial charge on any atom is -0.495 e. The van der Waals surface area contributed by atoms with E-state index in [4.69, 9.17) is 4.74 Å². The van der Waals surface area contributed by atoms with Gasteiger partial charge in [-0.2, -0.15) is 0 Å². The quantitative estimate of drug-likeness (QED) is 0.341. The maximum atomic E-state index is 13.6. The molecule has 3 aromatic carbocycles. The van der Waals surface area contributed by atoms with Crippen LogP contribution in [0.2, 0.25) is 0 Å². The van der Waals surface area contributed by atoms with Crippen LogP contribution in [0.1, 0.15) is 16.7 Å². The zero-order chi connectivity index (χ0) is 25.4. The number of hydrogen-bond acceptors (Lipinski definition) is 6. The first kappa shape index (κ1) is 23.6. The van der Waals surface area contributed by atoms with Crippen LogP contribution in [0.5, 0.6) is 5.75 Å². The number of thioether (sulfide) groups is 1. The highest BCUT2D eigenvalue weighted by atomic mass is 32.2. The number of aryl methyl sites for hydroxylation is 2. The number of carbonyl (C=O) groups is 1. The summed E-state index contributed by atoms with van der Waals surface area (Å²) in [5, 5.41) is 12.7. The number of fused-ring (bicyclic) bond motifs is 3. The van der Waals surface area contributed by atoms with Crippen LogP contribution in [0.4, 0.5) is 5.69 Å². The van der Waals surface area contributed by atoms with Crippen LogP contribution in [0.3, 0.4) is 0 Å². The molecule has 5 rings (SSSR count). The molecule has 0 aliphatic rings. The summed E-state index contributed by atoms with van der Waals surface area (Å²) < 4.78 is 8.80. The van der Waals surface area contributed by atoms with Crippen molar-refractivity contribution in [2.24, 2.45) is 0 Å². The molecule has 1 N–H and O–H groups in total. The fourth-order valence-electron chi connectivity index (χ4n) is 4.20. The van der Waals surface area contributed by atoms with Gasteiger partial charge >= 0.3 is 0 Å². The van der Waals surface area contributed by atoms with Gasteiger partial charge in [0.05, 0.1) is 35.1 Å². The van der Waals surface area contributed by atoms with Gasteiger partial charge in [0.15, 0.2) is 5.16 Å². The van der Waals surface area contributed by atoms with Crippen molar-refractivity contribution in [3.8, 4) is 11.4 Å². The van der Waals surface area contributed by atoms with E-state index >= 15 is 0 Å². The summed E-state index contributed by atoms with van der Waals surface area (Å²) in [5.74, 6) is 0.897. The Morgan fingerprint density at radius 1 is 1.03 bits per heavy atom. The Hall–Kier alpha value is -4.11. The van der Waals surface area contributed by atoms with Crippen LogP contribution in [-0.2, 0) is 4.79 Å². The number of amides is 1. The molecular weight excluding hydrogens is 474 g/mol. The highest BCUT2D eigenvalue weighted by molar-refractivity contribution is 7.99. The summed E-state index contributed by atoms with van der Waals surface area (Å²) in [6.07, 6.45) is 0. The fourth-order valence-corrected chi connectivity index (χ4v) is 4.94. The summed E-state index contributed by atoms with van der Waals surface area (Å²) >= 11 is 1.25. The lowest BCUT2D eigenvalue weighted by atomic mass is 10.1. The Balaban J connectivity index is 1.56. The van der Waals surface area contributed by atoms with E-state index in [0.717, 1.165) is 22.4 Å². The fraction of sp³-hybridized carbons (Fsp3) is 0.185. The minimum atomic E-state index is -0.201. The number of benzene rings is 3. The number of para-hydroxylation sites is 1. The molecule has 9 heteroatoms. The van der Waals surface area contributed by atoms with Crippen molar-refractivity contribution < 1.29 is 9.53 Å². The molecule has 2 aromatic heterocycles. The molecule has 0 bridgehead atoms. The second-order valence-electron chi connectivity index (χ2n) is 8.54. The van der Waals surface area contributed by atoms with Gasteiger partial charge in [0, 0.05) is 0 Å². The minimum absolute atomic E-state index is 0.106. The highest BCUT2D eigenvalue weighted by Gasteiger charge is 2.20. The third-order valence-electron chi connectivity index (χ3n) is 6.17. The largest absolute Gasteiger partial charge is 0.495 e. The predicted molar refractivity (Wildman–Crippen MR) is 143 cm³/mol. The van der Waals surface area contributed by atoms with Gasteiger partial charge in [0.2, 0.25) is 11.7 Å². The smallest absolute Gasteiger partial charge is 0.267 e. The molecule has 0 aliphatic heterocycles. The first-order chi connectivity index (χ1) is 17.4. The number of aromatic nitrogens is 4. The average Bonchev–Trinajstić information content (AvgIpc) is 3.29. The molecule has 0 radical (unpaired) electrons. The lowest BCUT2D eigenvalue weighted by Gasteiger charge is -2.14. The Morgan fingerprint density at radius 2 is 1.83 bits per heavy atom. The zero-order valence-corrected chi connectivity index (χ0v) is 21.2. The van der Waals surface area contributed by atoms with Crippen molar-refractivity contribution in [1.29, 1.82) is 0 Å². The van der Waals surface area contributed by atoms with Gasteiger partial charge in [-0.3, -0.25) is 14.0 Å². The molecule has 36 heavy (non-hydrogen) atoms. The number of hydrogen-bond donors (Lipinski definition) is 1. The summed E-state index contributed by atoms with van der Waals surface area (Å²) in [7, 11) is 1.57. The van der Waals surface area contributed by atoms with Gasteiger partial charge < -0.3 is 10.1 Å². The third-order valence-corrected chi connectivity index (χ3v) is 7.10. The average molecular weight is 500 g/mol. The van der Waals surface area contributed by atoms with Gasteiger partial charge in [-0.05, 0) is 67.8 Å². The van der Waals surface area contributed by atoms with Crippen LogP contribution < -0.4 is 15.6 Å². The molecule has 2 heterocycles. The number of anilines is 1. The highest BCUT2D eigenvalue weighted by Crippen LogP contribution is 2.27. The van der Waals surface area contributed by atoms with Crippen molar-refractivity contribution in [3.63, 3.8) is 0 Å². The molecule has 0 fully saturated rings. The monoisotopic (exact) mass is 499 g/mol. The van der Waals surface area contributed by atoms with Crippen LogP contribution >= 0.6 is 11.8 Å². The summed E-state index contributed by atoms with van der Waals surface area (Å²) in [5.41, 5.74) is 4.96. The van der Waals surface area contributed by atoms with Gasteiger partial charge in [-0.25, -0.2) is 4.57 Å². The molecule has 5 aromatic rings. The van der Waals surface area contributed by atoms with Gasteiger partial charge in [0.1, 0.15) is 5.75 Å². The number of nitrogens with one attached hydrogen (secondary N) is 1. The third kappa shape index (κ3) is 4.11. The standard InChI is InChI=1S/C27H25N5O3S/c1-16-12-13-23(35-4)20(14-16)28-24(33)15-36-27-30-29-26-31(21-11-7-8-17(2)18(21)3)25(34)19-9-5-6-10-22(19)32(26)27/h5-14H,15H2,1-4H3,(H,28,33). The van der Waals surface area contributed by atoms with Gasteiger partial charge in [-0.15, -0.1) is 10.2 Å². The van der Waals surface area contributed by atoms with E-state index in [1.165, 1.54) is 11.8 Å². The maximum Gasteiger partial charge on any atom is 0.267 e. The molecule has 0 saturated carbocycles. The number of nitrogens with zero attached hydrogens (tertiary/aromatic N) is 4. The Bertz CT molecular complexity index is 1690. The number of carbonyl (C=O) groups excluding carboxylic acids is 1. The van der Waals surface area contributed by atoms with Crippen molar-refractivity contribution in [2.45, 2.75) is 25.9 Å². The van der Waals surface area contributed by atoms with Crippen molar-refractivity contribution >= 4 is 40.0 Å². The molecule has 0 saturated heterocycles. The van der Waals surface area contributed by atoms with Crippen molar-refractivity contribution in [1.82, 2.24) is 19.2 Å². The summed E-state index contributed by atoms with van der Waals surface area (Å²) in [6.45, 7) is 5.94. The maximum absolute atomic E-state index is 13.6. The van der Waals surface area contributed by atoms with Gasteiger partial charge in [-0.1, -0.05) is 42.1 Å². The van der Waals surface area contributed by atoms with Crippen molar-refractivity contribution in [3.05, 3.63) is 87.7 Å². The lowest BCUT2D eigenvalue weighted by Crippen LogP contribution is -2.23. The van der Waals surface area contributed by atoms with E-state index in [2.05, 4.69) is 15.5 Å².